The summed E-state index contributed by atoms with van der Waals surface area (Å²) in [5, 5.41) is -0.433. The smallest absolute Gasteiger partial charge is 0.221 e. The second kappa shape index (κ2) is 4.85. The fourth-order valence-electron chi connectivity index (χ4n) is 8.72. The van der Waals surface area contributed by atoms with E-state index < -0.39 is 15.2 Å². The standard InChI is InChI=1S/C22H30FNOSi2/c1-13-10-16-17(11-13)19(23)9-8-18(16)21-14-6-7-15(12-14)22(21,20(24)25)27(4,5)26(21,2)3/h8-10,14-15H,6-7,11-12H2,1-5H3,(H2,24,25). The Morgan fingerprint density at radius 2 is 1.81 bits per heavy atom. The van der Waals surface area contributed by atoms with Crippen LogP contribution in [0, 0.1) is 17.7 Å². The molecule has 27 heavy (non-hydrogen) atoms. The molecule has 2 N–H and O–H groups in total. The van der Waals surface area contributed by atoms with E-state index in [-0.39, 0.29) is 21.8 Å². The third-order valence-electron chi connectivity index (χ3n) is 9.77. The highest BCUT2D eigenvalue weighted by molar-refractivity contribution is 7.48. The summed E-state index contributed by atoms with van der Waals surface area (Å²) in [6, 6.07) is 3.71. The van der Waals surface area contributed by atoms with E-state index in [1.54, 1.807) is 6.07 Å². The molecular weight excluding hydrogens is 369 g/mol. The summed E-state index contributed by atoms with van der Waals surface area (Å²) in [5.41, 5.74) is 10.7. The fourth-order valence-corrected chi connectivity index (χ4v) is 27.5. The first-order chi connectivity index (χ1) is 12.5. The molecular formula is C22H30FNOSi2. The van der Waals surface area contributed by atoms with Crippen molar-refractivity contribution >= 4 is 27.2 Å². The Bertz CT molecular complexity index is 936. The minimum Gasteiger partial charge on any atom is -0.369 e. The molecule has 1 aliphatic heterocycles. The zero-order valence-electron chi connectivity index (χ0n) is 17.1. The Hall–Kier alpha value is -1.21. The summed E-state index contributed by atoms with van der Waals surface area (Å²) in [7, 11) is -3.63. The molecule has 2 bridgehead atoms. The molecule has 0 radical (unpaired) electrons. The lowest BCUT2D eigenvalue weighted by molar-refractivity contribution is -0.124. The zero-order valence-corrected chi connectivity index (χ0v) is 19.1. The van der Waals surface area contributed by atoms with Gasteiger partial charge in [-0.25, -0.2) is 4.39 Å². The van der Waals surface area contributed by atoms with E-state index in [0.717, 1.165) is 24.0 Å². The van der Waals surface area contributed by atoms with E-state index in [1.165, 1.54) is 17.6 Å². The van der Waals surface area contributed by atoms with Gasteiger partial charge in [-0.1, -0.05) is 43.9 Å². The molecule has 3 fully saturated rings. The van der Waals surface area contributed by atoms with Gasteiger partial charge in [-0.15, -0.1) is 0 Å². The second-order valence-electron chi connectivity index (χ2n) is 10.6. The van der Waals surface area contributed by atoms with Crippen LogP contribution in [0.4, 0.5) is 4.39 Å². The molecule has 1 aromatic rings. The second-order valence-corrected chi connectivity index (χ2v) is 26.2. The third-order valence-corrected chi connectivity index (χ3v) is 31.0. The molecule has 4 unspecified atom stereocenters. The number of nitrogens with two attached hydrogens (primary N) is 1. The number of halogens is 1. The van der Waals surface area contributed by atoms with Crippen molar-refractivity contribution in [3.05, 3.63) is 40.2 Å². The first-order valence-corrected chi connectivity index (χ1v) is 17.3. The van der Waals surface area contributed by atoms with Crippen LogP contribution < -0.4 is 5.73 Å². The van der Waals surface area contributed by atoms with Crippen molar-refractivity contribution in [2.75, 3.05) is 0 Å². The van der Waals surface area contributed by atoms with Crippen molar-refractivity contribution in [2.24, 2.45) is 17.6 Å². The number of rotatable bonds is 2. The average Bonchev–Trinajstić information content (AvgIpc) is 3.26. The molecule has 1 saturated heterocycles. The lowest BCUT2D eigenvalue weighted by atomic mass is 9.71. The van der Waals surface area contributed by atoms with Crippen LogP contribution in [0.3, 0.4) is 0 Å². The Morgan fingerprint density at radius 1 is 1.15 bits per heavy atom. The van der Waals surface area contributed by atoms with Crippen LogP contribution in [0.15, 0.2) is 17.7 Å². The Morgan fingerprint density at radius 3 is 2.48 bits per heavy atom. The SMILES string of the molecule is CC1=Cc2c(C34C5CCC(C5)C3(C(N)=O)[Si](C)(C)[Si]4(C)C)ccc(F)c2C1. The molecule has 2 nitrogen and oxygen atoms in total. The molecule has 3 aliphatic carbocycles. The number of fused-ring (bicyclic) bond motifs is 6. The molecule has 2 saturated carbocycles. The highest BCUT2D eigenvalue weighted by atomic mass is 29.3. The number of amides is 1. The van der Waals surface area contributed by atoms with Crippen LogP contribution in [0.25, 0.3) is 6.08 Å². The van der Waals surface area contributed by atoms with E-state index in [4.69, 9.17) is 5.73 Å². The molecule has 0 aromatic heterocycles. The fraction of sp³-hybridized carbons (Fsp3) is 0.591. The Balaban J connectivity index is 1.89. The van der Waals surface area contributed by atoms with Gasteiger partial charge in [-0.05, 0) is 67.2 Å². The molecule has 0 spiro atoms. The number of hydrogen-bond acceptors (Lipinski definition) is 1. The third kappa shape index (κ3) is 1.50. The van der Waals surface area contributed by atoms with Crippen LogP contribution in [-0.2, 0) is 16.3 Å². The number of allylic oxidation sites excluding steroid dienone is 1. The lowest BCUT2D eigenvalue weighted by Crippen LogP contribution is -2.92. The van der Waals surface area contributed by atoms with Crippen molar-refractivity contribution in [3.63, 3.8) is 0 Å². The number of hydrogen-bond donors (Lipinski definition) is 1. The number of primary amides is 1. The van der Waals surface area contributed by atoms with Crippen LogP contribution >= 0.6 is 0 Å². The molecule has 4 aliphatic rings. The molecule has 4 atom stereocenters. The summed E-state index contributed by atoms with van der Waals surface area (Å²) in [5.74, 6) is 0.840. The minimum absolute atomic E-state index is 0.0463. The van der Waals surface area contributed by atoms with Gasteiger partial charge in [0.25, 0.3) is 0 Å². The van der Waals surface area contributed by atoms with Crippen LogP contribution in [-0.4, -0.2) is 21.1 Å². The van der Waals surface area contributed by atoms with Crippen molar-refractivity contribution in [2.45, 2.75) is 68.9 Å². The van der Waals surface area contributed by atoms with Gasteiger partial charge in [-0.3, -0.25) is 4.79 Å². The van der Waals surface area contributed by atoms with E-state index in [0.29, 0.717) is 18.3 Å². The predicted octanol–water partition coefficient (Wildman–Crippen LogP) is 4.73. The van der Waals surface area contributed by atoms with Gasteiger partial charge < -0.3 is 5.73 Å². The highest BCUT2D eigenvalue weighted by Gasteiger charge is 2.91. The molecule has 5 rings (SSSR count). The molecule has 5 heteroatoms. The minimum atomic E-state index is -1.84. The van der Waals surface area contributed by atoms with Crippen LogP contribution in [0.5, 0.6) is 0 Å². The predicted molar refractivity (Wildman–Crippen MR) is 113 cm³/mol. The van der Waals surface area contributed by atoms with Crippen molar-refractivity contribution in [3.8, 4) is 0 Å². The maximum Gasteiger partial charge on any atom is 0.221 e. The topological polar surface area (TPSA) is 43.1 Å². The normalized spacial score (nSPS) is 39.6. The summed E-state index contributed by atoms with van der Waals surface area (Å²) in [4.78, 5) is 13.3. The first kappa shape index (κ1) is 17.9. The first-order valence-electron chi connectivity index (χ1n) is 10.3. The molecule has 144 valence electrons. The van der Waals surface area contributed by atoms with Crippen molar-refractivity contribution in [1.82, 2.24) is 0 Å². The molecule has 1 amide bonds. The van der Waals surface area contributed by atoms with Gasteiger partial charge in [0.05, 0.1) is 20.2 Å². The van der Waals surface area contributed by atoms with Crippen molar-refractivity contribution in [1.29, 1.82) is 0 Å². The van der Waals surface area contributed by atoms with Gasteiger partial charge in [0.2, 0.25) is 5.91 Å². The van der Waals surface area contributed by atoms with Gasteiger partial charge in [0.1, 0.15) is 5.82 Å². The number of carbonyl (C=O) groups is 1. The maximum absolute atomic E-state index is 14.7. The number of carbonyl (C=O) groups excluding carboxylic acids is 1. The average molecular weight is 400 g/mol. The van der Waals surface area contributed by atoms with Crippen molar-refractivity contribution < 1.29 is 9.18 Å². The maximum atomic E-state index is 14.7. The zero-order chi connectivity index (χ0) is 19.6. The highest BCUT2D eigenvalue weighted by Crippen LogP contribution is 2.85. The summed E-state index contributed by atoms with van der Waals surface area (Å²) < 4.78 is 14.7. The van der Waals surface area contributed by atoms with Gasteiger partial charge in [0, 0.05) is 5.04 Å². The van der Waals surface area contributed by atoms with Gasteiger partial charge in [-0.2, -0.15) is 0 Å². The quantitative estimate of drug-likeness (QED) is 0.718. The molecule has 1 heterocycles. The number of benzene rings is 1. The van der Waals surface area contributed by atoms with Gasteiger partial charge >= 0.3 is 0 Å². The Labute approximate surface area is 163 Å². The van der Waals surface area contributed by atoms with E-state index in [1.807, 2.05) is 6.07 Å². The van der Waals surface area contributed by atoms with Crippen LogP contribution in [0.2, 0.25) is 31.2 Å². The van der Waals surface area contributed by atoms with Gasteiger partial charge in [0.15, 0.2) is 0 Å². The lowest BCUT2D eigenvalue weighted by Gasteiger charge is -2.78. The van der Waals surface area contributed by atoms with Crippen LogP contribution in [0.1, 0.15) is 42.9 Å². The Kier molecular flexibility index (Phi) is 3.21. The summed E-state index contributed by atoms with van der Waals surface area (Å²) in [6.45, 7) is 12.0. The van der Waals surface area contributed by atoms with E-state index in [2.05, 4.69) is 39.2 Å². The largest absolute Gasteiger partial charge is 0.369 e. The van der Waals surface area contributed by atoms with E-state index >= 15 is 0 Å². The monoisotopic (exact) mass is 399 g/mol. The molecule has 1 aromatic carbocycles. The summed E-state index contributed by atoms with van der Waals surface area (Å²) in [6.07, 6.45) is 6.39. The summed E-state index contributed by atoms with van der Waals surface area (Å²) >= 11 is 0. The van der Waals surface area contributed by atoms with E-state index in [9.17, 15) is 9.18 Å².